The first-order valence-electron chi connectivity index (χ1n) is 12.0. The number of rotatable bonds is 3. The van der Waals surface area contributed by atoms with E-state index in [0.29, 0.717) is 26.3 Å². The second-order valence-electron chi connectivity index (χ2n) is 10.3. The smallest absolute Gasteiger partial charge is 0.225 e. The zero-order valence-electron chi connectivity index (χ0n) is 19.3. The van der Waals surface area contributed by atoms with Crippen LogP contribution in [0.1, 0.15) is 50.1 Å². The minimum Gasteiger partial charge on any atom is -0.392 e. The normalized spacial score (nSPS) is 33.3. The number of aliphatic hydroxyl groups excluding tert-OH is 1. The van der Waals surface area contributed by atoms with Crippen molar-refractivity contribution >= 4 is 17.2 Å². The number of carbonyl (C=O) groups is 1. The molecular weight excluding hydrogens is 420 g/mol. The quantitative estimate of drug-likeness (QED) is 0.749. The predicted molar refractivity (Wildman–Crippen MR) is 127 cm³/mol. The highest BCUT2D eigenvalue weighted by Crippen LogP contribution is 2.57. The fraction of sp³-hybridized carbons (Fsp3) is 0.615. The third-order valence-electron chi connectivity index (χ3n) is 8.30. The molecule has 1 amide bonds. The topological polar surface area (TPSA) is 62.7 Å². The van der Waals surface area contributed by atoms with Gasteiger partial charge in [-0.25, -0.2) is 4.98 Å². The molecule has 0 radical (unpaired) electrons. The molecule has 1 aromatic carbocycles. The Kier molecular flexibility index (Phi) is 5.89. The van der Waals surface area contributed by atoms with Crippen molar-refractivity contribution in [1.29, 1.82) is 0 Å². The number of fused-ring (bicyclic) bond motifs is 2. The van der Waals surface area contributed by atoms with Gasteiger partial charge in [0.25, 0.3) is 0 Å². The summed E-state index contributed by atoms with van der Waals surface area (Å²) in [6.07, 6.45) is 2.43. The standard InChI is InChI=1S/C26H34N2O3S/c1-16(25(30)28-11-13-31-14-12-28)19-9-10-26(3)15-20-22(17(2)21(26)23(19)29)27-24(32-20)18-7-5-4-6-8-18/h4-8,16-17,19,21,23,29H,9-15H2,1-3H3/t16-,17+,19-,21+,23-,26+/m0/s1. The summed E-state index contributed by atoms with van der Waals surface area (Å²) in [6, 6.07) is 10.4. The minimum atomic E-state index is -0.487. The third kappa shape index (κ3) is 3.70. The molecule has 5 rings (SSSR count). The Morgan fingerprint density at radius 1 is 1.28 bits per heavy atom. The SMILES string of the molecule is C[C@H](C(=O)N1CCOCC1)[C@@H]1CC[C@]2(C)Cc3sc(-c4ccccc4)nc3[C@H](C)[C@@H]2[C@H]1O. The zero-order chi connectivity index (χ0) is 22.5. The van der Waals surface area contributed by atoms with E-state index in [2.05, 4.69) is 38.1 Å². The molecule has 1 aromatic heterocycles. The second-order valence-corrected chi connectivity index (χ2v) is 11.3. The summed E-state index contributed by atoms with van der Waals surface area (Å²) in [5.74, 6) is 0.307. The maximum absolute atomic E-state index is 13.2. The Labute approximate surface area is 194 Å². The van der Waals surface area contributed by atoms with Gasteiger partial charge in [-0.3, -0.25) is 4.79 Å². The number of amides is 1. The van der Waals surface area contributed by atoms with Gasteiger partial charge in [-0.15, -0.1) is 11.3 Å². The lowest BCUT2D eigenvalue weighted by molar-refractivity contribution is -0.148. The van der Waals surface area contributed by atoms with Crippen LogP contribution in [0.25, 0.3) is 10.6 Å². The highest BCUT2D eigenvalue weighted by molar-refractivity contribution is 7.15. The number of nitrogens with zero attached hydrogens (tertiary/aromatic N) is 2. The molecule has 172 valence electrons. The molecule has 6 heteroatoms. The lowest BCUT2D eigenvalue weighted by atomic mass is 9.53. The number of hydrogen-bond donors (Lipinski definition) is 1. The molecule has 2 aliphatic carbocycles. The van der Waals surface area contributed by atoms with Gasteiger partial charge in [0.05, 0.1) is 25.0 Å². The van der Waals surface area contributed by atoms with Gasteiger partial charge in [-0.1, -0.05) is 51.1 Å². The first kappa shape index (κ1) is 22.1. The van der Waals surface area contributed by atoms with Gasteiger partial charge >= 0.3 is 0 Å². The van der Waals surface area contributed by atoms with Gasteiger partial charge in [0, 0.05) is 35.4 Å². The fourth-order valence-electron chi connectivity index (χ4n) is 6.51. The molecule has 0 spiro atoms. The summed E-state index contributed by atoms with van der Waals surface area (Å²) in [4.78, 5) is 21.5. The van der Waals surface area contributed by atoms with Crippen LogP contribution in [0, 0.1) is 23.2 Å². The van der Waals surface area contributed by atoms with Crippen LogP contribution in [0.5, 0.6) is 0 Å². The summed E-state index contributed by atoms with van der Waals surface area (Å²) < 4.78 is 5.41. The van der Waals surface area contributed by atoms with Crippen LogP contribution in [0.3, 0.4) is 0 Å². The van der Waals surface area contributed by atoms with E-state index in [9.17, 15) is 9.90 Å². The molecule has 1 saturated heterocycles. The maximum Gasteiger partial charge on any atom is 0.225 e. The molecule has 0 unspecified atom stereocenters. The van der Waals surface area contributed by atoms with Crippen molar-refractivity contribution in [1.82, 2.24) is 9.88 Å². The first-order valence-corrected chi connectivity index (χ1v) is 12.8. The summed E-state index contributed by atoms with van der Waals surface area (Å²) >= 11 is 1.81. The highest BCUT2D eigenvalue weighted by atomic mass is 32.1. The molecule has 2 aromatic rings. The van der Waals surface area contributed by atoms with E-state index in [0.717, 1.165) is 35.5 Å². The Balaban J connectivity index is 1.40. The average molecular weight is 455 g/mol. The number of aliphatic hydroxyl groups is 1. The number of ether oxygens (including phenoxy) is 1. The van der Waals surface area contributed by atoms with Crippen molar-refractivity contribution in [3.05, 3.63) is 40.9 Å². The van der Waals surface area contributed by atoms with Crippen molar-refractivity contribution in [2.45, 2.75) is 52.1 Å². The van der Waals surface area contributed by atoms with E-state index >= 15 is 0 Å². The Bertz CT molecular complexity index is 971. The van der Waals surface area contributed by atoms with E-state index in [1.54, 1.807) is 0 Å². The van der Waals surface area contributed by atoms with Gasteiger partial charge < -0.3 is 14.7 Å². The lowest BCUT2D eigenvalue weighted by Crippen LogP contribution is -2.54. The number of carbonyl (C=O) groups excluding carboxylic acids is 1. The summed E-state index contributed by atoms with van der Waals surface area (Å²) in [5, 5.41) is 12.7. The van der Waals surface area contributed by atoms with Crippen molar-refractivity contribution in [2.24, 2.45) is 23.2 Å². The summed E-state index contributed by atoms with van der Waals surface area (Å²) in [6.45, 7) is 9.13. The number of aromatic nitrogens is 1. The molecular formula is C26H34N2O3S. The van der Waals surface area contributed by atoms with Gasteiger partial charge in [-0.2, -0.15) is 0 Å². The molecule has 2 heterocycles. The Hall–Kier alpha value is -1.76. The van der Waals surface area contributed by atoms with E-state index in [1.165, 1.54) is 4.88 Å². The molecule has 5 nitrogen and oxygen atoms in total. The Morgan fingerprint density at radius 2 is 2.00 bits per heavy atom. The van der Waals surface area contributed by atoms with Crippen LogP contribution in [-0.2, 0) is 16.0 Å². The largest absolute Gasteiger partial charge is 0.392 e. The molecule has 1 saturated carbocycles. The van der Waals surface area contributed by atoms with Crippen molar-refractivity contribution < 1.29 is 14.6 Å². The highest BCUT2D eigenvalue weighted by Gasteiger charge is 2.54. The third-order valence-corrected chi connectivity index (χ3v) is 9.42. The van der Waals surface area contributed by atoms with E-state index in [1.807, 2.05) is 29.2 Å². The molecule has 6 atom stereocenters. The average Bonchev–Trinajstić information content (AvgIpc) is 3.23. The lowest BCUT2D eigenvalue weighted by Gasteiger charge is -2.53. The summed E-state index contributed by atoms with van der Waals surface area (Å²) in [7, 11) is 0. The van der Waals surface area contributed by atoms with Crippen molar-refractivity contribution in [3.8, 4) is 10.6 Å². The first-order chi connectivity index (χ1) is 15.4. The minimum absolute atomic E-state index is 0.000325. The van der Waals surface area contributed by atoms with Crippen molar-refractivity contribution in [3.63, 3.8) is 0 Å². The van der Waals surface area contributed by atoms with Crippen LogP contribution < -0.4 is 0 Å². The monoisotopic (exact) mass is 454 g/mol. The van der Waals surface area contributed by atoms with Crippen LogP contribution in [0.2, 0.25) is 0 Å². The number of thiazole rings is 1. The van der Waals surface area contributed by atoms with Gasteiger partial charge in [0.2, 0.25) is 5.91 Å². The molecule has 1 aliphatic heterocycles. The Morgan fingerprint density at radius 3 is 2.72 bits per heavy atom. The van der Waals surface area contributed by atoms with Gasteiger partial charge in [0.1, 0.15) is 5.01 Å². The number of hydrogen-bond acceptors (Lipinski definition) is 5. The van der Waals surface area contributed by atoms with Crippen LogP contribution in [-0.4, -0.2) is 53.3 Å². The van der Waals surface area contributed by atoms with Gasteiger partial charge in [0.15, 0.2) is 0 Å². The molecule has 1 N–H and O–H groups in total. The second kappa shape index (κ2) is 8.54. The molecule has 3 aliphatic rings. The van der Waals surface area contributed by atoms with Gasteiger partial charge in [-0.05, 0) is 36.5 Å². The van der Waals surface area contributed by atoms with E-state index in [4.69, 9.17) is 9.72 Å². The van der Waals surface area contributed by atoms with E-state index < -0.39 is 6.10 Å². The molecule has 2 fully saturated rings. The zero-order valence-corrected chi connectivity index (χ0v) is 20.1. The molecule has 32 heavy (non-hydrogen) atoms. The number of benzene rings is 1. The predicted octanol–water partition coefficient (Wildman–Crippen LogP) is 4.36. The molecule has 0 bridgehead atoms. The van der Waals surface area contributed by atoms with E-state index in [-0.39, 0.29) is 35.0 Å². The summed E-state index contributed by atoms with van der Waals surface area (Å²) in [5.41, 5.74) is 2.36. The van der Waals surface area contributed by atoms with Crippen LogP contribution >= 0.6 is 11.3 Å². The van der Waals surface area contributed by atoms with Crippen LogP contribution in [0.15, 0.2) is 30.3 Å². The van der Waals surface area contributed by atoms with Crippen LogP contribution in [0.4, 0.5) is 0 Å². The number of morpholine rings is 1. The maximum atomic E-state index is 13.2. The van der Waals surface area contributed by atoms with Crippen molar-refractivity contribution in [2.75, 3.05) is 26.3 Å². The fourth-order valence-corrected chi connectivity index (χ4v) is 7.87.